The first-order chi connectivity index (χ1) is 22.8. The Morgan fingerprint density at radius 3 is 2.28 bits per heavy atom. The van der Waals surface area contributed by atoms with E-state index >= 15 is 8.78 Å². The zero-order chi connectivity index (χ0) is 32.7. The predicted molar refractivity (Wildman–Crippen MR) is 180 cm³/mol. The molecule has 1 amide bonds. The lowest BCUT2D eigenvalue weighted by Crippen LogP contribution is -2.48. The molecule has 1 saturated carbocycles. The number of pyridine rings is 1. The molecule has 0 bridgehead atoms. The number of anilines is 1. The SMILES string of the molecule is Cc1ccc(C(=O)NC2CCCC2)cc1-c1nc(N2CCC(N3CCC(C)CC3)CC2)nc2c1ccc(=O)n2-c1c(F)cccc1F. The van der Waals surface area contributed by atoms with E-state index in [2.05, 4.69) is 22.0 Å². The highest BCUT2D eigenvalue weighted by Crippen LogP contribution is 2.34. The summed E-state index contributed by atoms with van der Waals surface area (Å²) in [6.07, 6.45) is 8.51. The quantitative estimate of drug-likeness (QED) is 0.263. The van der Waals surface area contributed by atoms with Crippen LogP contribution in [0.4, 0.5) is 14.7 Å². The molecule has 4 heterocycles. The molecular weight excluding hydrogens is 598 g/mol. The van der Waals surface area contributed by atoms with Crippen LogP contribution in [0.2, 0.25) is 0 Å². The van der Waals surface area contributed by atoms with Crippen LogP contribution in [-0.4, -0.2) is 63.6 Å². The molecular formula is C37H42F2N6O2. The van der Waals surface area contributed by atoms with Crippen LogP contribution in [-0.2, 0) is 0 Å². The van der Waals surface area contributed by atoms with E-state index in [0.29, 0.717) is 34.2 Å². The maximum absolute atomic E-state index is 15.2. The van der Waals surface area contributed by atoms with Crippen molar-refractivity contribution < 1.29 is 13.6 Å². The fourth-order valence-electron chi connectivity index (χ4n) is 7.55. The van der Waals surface area contributed by atoms with Crippen molar-refractivity contribution in [2.24, 2.45) is 5.92 Å². The number of amides is 1. The van der Waals surface area contributed by atoms with Gasteiger partial charge in [0.15, 0.2) is 5.65 Å². The predicted octanol–water partition coefficient (Wildman–Crippen LogP) is 6.41. The number of aromatic nitrogens is 3. The zero-order valence-corrected chi connectivity index (χ0v) is 27.1. The van der Waals surface area contributed by atoms with Gasteiger partial charge < -0.3 is 15.1 Å². The molecule has 0 unspecified atom stereocenters. The Kier molecular flexibility index (Phi) is 8.79. The molecule has 10 heteroatoms. The average molecular weight is 641 g/mol. The van der Waals surface area contributed by atoms with Crippen molar-refractivity contribution >= 4 is 22.9 Å². The summed E-state index contributed by atoms with van der Waals surface area (Å²) in [5.41, 5.74) is 1.64. The largest absolute Gasteiger partial charge is 0.349 e. The fraction of sp³-hybridized carbons (Fsp3) is 0.459. The van der Waals surface area contributed by atoms with E-state index in [1.54, 1.807) is 6.07 Å². The number of halogens is 2. The first-order valence-corrected chi connectivity index (χ1v) is 17.1. The summed E-state index contributed by atoms with van der Waals surface area (Å²) in [5.74, 6) is -0.700. The number of benzene rings is 2. The number of rotatable bonds is 6. The number of para-hydroxylation sites is 1. The molecule has 0 radical (unpaired) electrons. The molecule has 246 valence electrons. The lowest BCUT2D eigenvalue weighted by Gasteiger charge is -2.41. The number of hydrogen-bond donors (Lipinski definition) is 1. The van der Waals surface area contributed by atoms with Gasteiger partial charge in [-0.15, -0.1) is 0 Å². The van der Waals surface area contributed by atoms with E-state index in [1.807, 2.05) is 25.1 Å². The molecule has 0 atom stereocenters. The second-order valence-corrected chi connectivity index (χ2v) is 13.6. The van der Waals surface area contributed by atoms with Gasteiger partial charge in [-0.2, -0.15) is 4.98 Å². The third-order valence-corrected chi connectivity index (χ3v) is 10.4. The van der Waals surface area contributed by atoms with Gasteiger partial charge in [0.05, 0.1) is 5.69 Å². The van der Waals surface area contributed by atoms with E-state index in [9.17, 15) is 9.59 Å². The van der Waals surface area contributed by atoms with Gasteiger partial charge in [0, 0.05) is 47.8 Å². The standard InChI is InChI=1S/C37H42F2N6O2/c1-23-14-18-43(19-15-23)27-16-20-44(21-17-27)37-41-33(29-22-25(11-10-24(29)2)36(47)40-26-6-3-4-7-26)28-12-13-32(46)45(35(28)42-37)34-30(38)8-5-9-31(34)39/h5,8-13,22-23,26-27H,3-4,6-7,14-21H2,1-2H3,(H,40,47). The molecule has 2 aromatic carbocycles. The topological polar surface area (TPSA) is 83.4 Å². The number of nitrogens with one attached hydrogen (secondary N) is 1. The van der Waals surface area contributed by atoms with Gasteiger partial charge in [0.1, 0.15) is 17.3 Å². The number of fused-ring (bicyclic) bond motifs is 1. The van der Waals surface area contributed by atoms with Crippen molar-refractivity contribution in [3.8, 4) is 16.9 Å². The molecule has 4 aromatic rings. The molecule has 2 aliphatic heterocycles. The number of hydrogen-bond acceptors (Lipinski definition) is 6. The van der Waals surface area contributed by atoms with Gasteiger partial charge in [-0.1, -0.05) is 31.9 Å². The number of nitrogens with zero attached hydrogens (tertiary/aromatic N) is 5. The van der Waals surface area contributed by atoms with Gasteiger partial charge >= 0.3 is 0 Å². The summed E-state index contributed by atoms with van der Waals surface area (Å²) in [4.78, 5) is 41.4. The van der Waals surface area contributed by atoms with Crippen LogP contribution in [0.15, 0.2) is 53.3 Å². The fourth-order valence-corrected chi connectivity index (χ4v) is 7.55. The Hall–Kier alpha value is -4.18. The maximum atomic E-state index is 15.2. The molecule has 3 fully saturated rings. The van der Waals surface area contributed by atoms with Crippen molar-refractivity contribution in [3.05, 3.63) is 81.6 Å². The molecule has 3 aliphatic rings. The van der Waals surface area contributed by atoms with Crippen molar-refractivity contribution in [2.75, 3.05) is 31.1 Å². The molecule has 7 rings (SSSR count). The van der Waals surface area contributed by atoms with Crippen LogP contribution in [0.25, 0.3) is 28.0 Å². The van der Waals surface area contributed by atoms with Crippen molar-refractivity contribution in [1.82, 2.24) is 24.8 Å². The zero-order valence-electron chi connectivity index (χ0n) is 27.1. The van der Waals surface area contributed by atoms with Gasteiger partial charge in [-0.3, -0.25) is 14.2 Å². The smallest absolute Gasteiger partial charge is 0.256 e. The van der Waals surface area contributed by atoms with Gasteiger partial charge in [-0.05, 0) is 100 Å². The molecule has 47 heavy (non-hydrogen) atoms. The van der Waals surface area contributed by atoms with Crippen molar-refractivity contribution in [3.63, 3.8) is 0 Å². The highest BCUT2D eigenvalue weighted by Gasteiger charge is 2.29. The number of carbonyl (C=O) groups excluding carboxylic acids is 1. The van der Waals surface area contributed by atoms with Crippen LogP contribution < -0.4 is 15.8 Å². The highest BCUT2D eigenvalue weighted by atomic mass is 19.1. The Labute approximate surface area is 273 Å². The molecule has 0 spiro atoms. The van der Waals surface area contributed by atoms with Gasteiger partial charge in [0.2, 0.25) is 5.95 Å². The lowest BCUT2D eigenvalue weighted by atomic mass is 9.95. The van der Waals surface area contributed by atoms with E-state index in [0.717, 1.165) is 92.9 Å². The van der Waals surface area contributed by atoms with E-state index < -0.39 is 22.9 Å². The Morgan fingerprint density at radius 2 is 1.57 bits per heavy atom. The first-order valence-electron chi connectivity index (χ1n) is 17.1. The summed E-state index contributed by atoms with van der Waals surface area (Å²) in [5, 5.41) is 3.63. The van der Waals surface area contributed by atoms with Gasteiger partial charge in [0.25, 0.3) is 11.5 Å². The van der Waals surface area contributed by atoms with Crippen molar-refractivity contribution in [1.29, 1.82) is 0 Å². The molecule has 2 aromatic heterocycles. The summed E-state index contributed by atoms with van der Waals surface area (Å²) < 4.78 is 31.5. The summed E-state index contributed by atoms with van der Waals surface area (Å²) in [7, 11) is 0. The molecule has 8 nitrogen and oxygen atoms in total. The first kappa shape index (κ1) is 31.4. The molecule has 1 aliphatic carbocycles. The van der Waals surface area contributed by atoms with Gasteiger partial charge in [-0.25, -0.2) is 13.8 Å². The highest BCUT2D eigenvalue weighted by molar-refractivity contribution is 5.98. The lowest BCUT2D eigenvalue weighted by molar-refractivity contribution is 0.0938. The second kappa shape index (κ2) is 13.1. The Bertz CT molecular complexity index is 1830. The van der Waals surface area contributed by atoms with Crippen LogP contribution in [0, 0.1) is 24.5 Å². The van der Waals surface area contributed by atoms with E-state index in [4.69, 9.17) is 9.97 Å². The molecule has 2 saturated heterocycles. The Balaban J connectivity index is 1.33. The maximum Gasteiger partial charge on any atom is 0.256 e. The normalized spacial score (nSPS) is 18.7. The van der Waals surface area contributed by atoms with E-state index in [1.165, 1.54) is 25.0 Å². The van der Waals surface area contributed by atoms with Crippen LogP contribution in [0.5, 0.6) is 0 Å². The third kappa shape index (κ3) is 6.27. The summed E-state index contributed by atoms with van der Waals surface area (Å²) in [6, 6.07) is 12.6. The monoisotopic (exact) mass is 640 g/mol. The third-order valence-electron chi connectivity index (χ3n) is 10.4. The number of likely N-dealkylation sites (tertiary alicyclic amines) is 1. The molecule has 1 N–H and O–H groups in total. The average Bonchev–Trinajstić information content (AvgIpc) is 3.59. The minimum Gasteiger partial charge on any atom is -0.349 e. The number of piperidine rings is 2. The van der Waals surface area contributed by atoms with Crippen LogP contribution in [0.3, 0.4) is 0 Å². The Morgan fingerprint density at radius 1 is 0.872 bits per heavy atom. The van der Waals surface area contributed by atoms with Crippen LogP contribution in [0.1, 0.15) is 74.2 Å². The summed E-state index contributed by atoms with van der Waals surface area (Å²) in [6.45, 7) is 7.94. The second-order valence-electron chi connectivity index (χ2n) is 13.6. The van der Waals surface area contributed by atoms with Crippen molar-refractivity contribution in [2.45, 2.75) is 77.3 Å². The number of aryl methyl sites for hydroxylation is 1. The minimum atomic E-state index is -0.861. The van der Waals surface area contributed by atoms with E-state index in [-0.39, 0.29) is 17.6 Å². The van der Waals surface area contributed by atoms with Crippen LogP contribution >= 0.6 is 0 Å². The number of carbonyl (C=O) groups is 1. The summed E-state index contributed by atoms with van der Waals surface area (Å²) >= 11 is 0. The minimum absolute atomic E-state index is 0.119.